The molecular weight excluding hydrogens is 353 g/mol. The van der Waals surface area contributed by atoms with Gasteiger partial charge in [-0.05, 0) is 30.3 Å². The van der Waals surface area contributed by atoms with E-state index in [9.17, 15) is 4.39 Å². The predicted molar refractivity (Wildman–Crippen MR) is 87.2 cm³/mol. The van der Waals surface area contributed by atoms with Crippen LogP contribution in [0.15, 0.2) is 52.3 Å². The standard InChI is InChI=1S/C16H11BrFNOS/c1-20-15-8-11(5-6-13(15)18)16-19-14(9-21-16)10-3-2-4-12(17)7-10/h2-9H,1H3. The van der Waals surface area contributed by atoms with Gasteiger partial charge < -0.3 is 4.74 Å². The van der Waals surface area contributed by atoms with Gasteiger partial charge in [-0.25, -0.2) is 9.37 Å². The van der Waals surface area contributed by atoms with Crippen molar-refractivity contribution in [3.8, 4) is 27.6 Å². The Balaban J connectivity index is 1.98. The molecule has 0 aliphatic carbocycles. The first-order valence-electron chi connectivity index (χ1n) is 6.23. The van der Waals surface area contributed by atoms with Gasteiger partial charge in [0.2, 0.25) is 0 Å². The number of rotatable bonds is 3. The average Bonchev–Trinajstić information content (AvgIpc) is 2.97. The Hall–Kier alpha value is -1.72. The summed E-state index contributed by atoms with van der Waals surface area (Å²) in [6, 6.07) is 12.7. The van der Waals surface area contributed by atoms with Crippen LogP contribution >= 0.6 is 27.3 Å². The third-order valence-corrected chi connectivity index (χ3v) is 4.41. The van der Waals surface area contributed by atoms with Crippen molar-refractivity contribution < 1.29 is 9.13 Å². The van der Waals surface area contributed by atoms with E-state index in [1.54, 1.807) is 12.1 Å². The van der Waals surface area contributed by atoms with Crippen LogP contribution in [-0.2, 0) is 0 Å². The number of benzene rings is 2. The molecule has 0 aliphatic heterocycles. The molecule has 0 bridgehead atoms. The molecule has 1 aromatic heterocycles. The van der Waals surface area contributed by atoms with Gasteiger partial charge in [0.05, 0.1) is 12.8 Å². The molecule has 0 fully saturated rings. The van der Waals surface area contributed by atoms with Crippen LogP contribution in [0.4, 0.5) is 4.39 Å². The molecular formula is C16H11BrFNOS. The zero-order valence-electron chi connectivity index (χ0n) is 11.1. The van der Waals surface area contributed by atoms with Crippen molar-refractivity contribution >= 4 is 27.3 Å². The Bertz CT molecular complexity index is 787. The fourth-order valence-corrected chi connectivity index (χ4v) is 3.20. The lowest BCUT2D eigenvalue weighted by Gasteiger charge is -2.03. The molecule has 2 nitrogen and oxygen atoms in total. The summed E-state index contributed by atoms with van der Waals surface area (Å²) in [5.74, 6) is -0.142. The molecule has 0 saturated carbocycles. The third-order valence-electron chi connectivity index (χ3n) is 3.02. The maximum absolute atomic E-state index is 13.5. The van der Waals surface area contributed by atoms with Gasteiger partial charge >= 0.3 is 0 Å². The number of halogens is 2. The van der Waals surface area contributed by atoms with Crippen molar-refractivity contribution in [2.24, 2.45) is 0 Å². The summed E-state index contributed by atoms with van der Waals surface area (Å²) in [4.78, 5) is 4.62. The van der Waals surface area contributed by atoms with Crippen LogP contribution in [0.1, 0.15) is 0 Å². The van der Waals surface area contributed by atoms with Crippen LogP contribution in [0.3, 0.4) is 0 Å². The number of hydrogen-bond acceptors (Lipinski definition) is 3. The van der Waals surface area contributed by atoms with E-state index in [1.807, 2.05) is 29.6 Å². The van der Waals surface area contributed by atoms with E-state index in [4.69, 9.17) is 4.74 Å². The van der Waals surface area contributed by atoms with Crippen molar-refractivity contribution in [1.82, 2.24) is 4.98 Å². The minimum atomic E-state index is -0.370. The molecule has 0 saturated heterocycles. The van der Waals surface area contributed by atoms with E-state index >= 15 is 0 Å². The Morgan fingerprint density at radius 2 is 2.00 bits per heavy atom. The van der Waals surface area contributed by atoms with Crippen LogP contribution < -0.4 is 4.74 Å². The van der Waals surface area contributed by atoms with Crippen LogP contribution in [-0.4, -0.2) is 12.1 Å². The molecule has 3 rings (SSSR count). The molecule has 5 heteroatoms. The molecule has 0 aliphatic rings. The number of nitrogens with zero attached hydrogens (tertiary/aromatic N) is 1. The lowest BCUT2D eigenvalue weighted by Crippen LogP contribution is -1.88. The predicted octanol–water partition coefficient (Wildman–Crippen LogP) is 5.39. The minimum Gasteiger partial charge on any atom is -0.494 e. The van der Waals surface area contributed by atoms with Crippen LogP contribution in [0.5, 0.6) is 5.75 Å². The second kappa shape index (κ2) is 5.95. The number of methoxy groups -OCH3 is 1. The van der Waals surface area contributed by atoms with Crippen LogP contribution in [0.25, 0.3) is 21.8 Å². The van der Waals surface area contributed by atoms with E-state index < -0.39 is 0 Å². The van der Waals surface area contributed by atoms with Gasteiger partial charge in [-0.3, -0.25) is 0 Å². The number of hydrogen-bond donors (Lipinski definition) is 0. The van der Waals surface area contributed by atoms with Crippen LogP contribution in [0, 0.1) is 5.82 Å². The van der Waals surface area contributed by atoms with E-state index in [2.05, 4.69) is 20.9 Å². The highest BCUT2D eigenvalue weighted by Crippen LogP contribution is 2.32. The fourth-order valence-electron chi connectivity index (χ4n) is 1.98. The van der Waals surface area contributed by atoms with Crippen molar-refractivity contribution in [1.29, 1.82) is 0 Å². The summed E-state index contributed by atoms with van der Waals surface area (Å²) < 4.78 is 19.5. The van der Waals surface area contributed by atoms with Crippen molar-refractivity contribution in [3.63, 3.8) is 0 Å². The first-order valence-corrected chi connectivity index (χ1v) is 7.90. The second-order valence-corrected chi connectivity index (χ2v) is 6.17. The maximum Gasteiger partial charge on any atom is 0.165 e. The lowest BCUT2D eigenvalue weighted by molar-refractivity contribution is 0.387. The van der Waals surface area contributed by atoms with E-state index in [0.717, 1.165) is 26.3 Å². The molecule has 0 N–H and O–H groups in total. The SMILES string of the molecule is COc1cc(-c2nc(-c3cccc(Br)c3)cs2)ccc1F. The molecule has 3 aromatic rings. The first-order chi connectivity index (χ1) is 10.2. The second-order valence-electron chi connectivity index (χ2n) is 4.40. The molecule has 0 radical (unpaired) electrons. The number of ether oxygens (including phenoxy) is 1. The average molecular weight is 364 g/mol. The quantitative estimate of drug-likeness (QED) is 0.622. The molecule has 0 unspecified atom stereocenters. The summed E-state index contributed by atoms with van der Waals surface area (Å²) in [6.07, 6.45) is 0. The van der Waals surface area contributed by atoms with E-state index in [-0.39, 0.29) is 11.6 Å². The maximum atomic E-state index is 13.5. The summed E-state index contributed by atoms with van der Waals surface area (Å²) >= 11 is 4.98. The van der Waals surface area contributed by atoms with Gasteiger partial charge in [0.1, 0.15) is 5.01 Å². The highest BCUT2D eigenvalue weighted by molar-refractivity contribution is 9.10. The Labute approximate surface area is 134 Å². The zero-order valence-corrected chi connectivity index (χ0v) is 13.5. The number of aromatic nitrogens is 1. The normalized spacial score (nSPS) is 10.6. The van der Waals surface area contributed by atoms with Crippen molar-refractivity contribution in [2.45, 2.75) is 0 Å². The Morgan fingerprint density at radius 1 is 1.14 bits per heavy atom. The van der Waals surface area contributed by atoms with Gasteiger partial charge in [0, 0.05) is 21.0 Å². The Morgan fingerprint density at radius 3 is 2.76 bits per heavy atom. The fraction of sp³-hybridized carbons (Fsp3) is 0.0625. The molecule has 0 spiro atoms. The topological polar surface area (TPSA) is 22.1 Å². The lowest BCUT2D eigenvalue weighted by atomic mass is 10.2. The summed E-state index contributed by atoms with van der Waals surface area (Å²) in [5.41, 5.74) is 2.79. The highest BCUT2D eigenvalue weighted by Gasteiger charge is 2.10. The van der Waals surface area contributed by atoms with Crippen molar-refractivity contribution in [3.05, 3.63) is 58.1 Å². The molecule has 2 aromatic carbocycles. The first kappa shape index (κ1) is 14.2. The smallest absolute Gasteiger partial charge is 0.165 e. The summed E-state index contributed by atoms with van der Waals surface area (Å²) in [6.45, 7) is 0. The molecule has 0 atom stereocenters. The monoisotopic (exact) mass is 363 g/mol. The molecule has 0 amide bonds. The van der Waals surface area contributed by atoms with Crippen LogP contribution in [0.2, 0.25) is 0 Å². The van der Waals surface area contributed by atoms with E-state index in [1.165, 1.54) is 24.5 Å². The summed E-state index contributed by atoms with van der Waals surface area (Å²) in [5, 5.41) is 2.83. The van der Waals surface area contributed by atoms with Gasteiger partial charge in [-0.2, -0.15) is 0 Å². The van der Waals surface area contributed by atoms with Gasteiger partial charge in [-0.1, -0.05) is 28.1 Å². The van der Waals surface area contributed by atoms with Crippen molar-refractivity contribution in [2.75, 3.05) is 7.11 Å². The summed E-state index contributed by atoms with van der Waals surface area (Å²) in [7, 11) is 1.46. The zero-order chi connectivity index (χ0) is 14.8. The Kier molecular flexibility index (Phi) is 4.03. The molecule has 21 heavy (non-hydrogen) atoms. The third kappa shape index (κ3) is 2.99. The minimum absolute atomic E-state index is 0.228. The van der Waals surface area contributed by atoms with Gasteiger partial charge in [-0.15, -0.1) is 11.3 Å². The largest absolute Gasteiger partial charge is 0.494 e. The molecule has 1 heterocycles. The van der Waals surface area contributed by atoms with Gasteiger partial charge in [0.15, 0.2) is 11.6 Å². The molecule has 106 valence electrons. The highest BCUT2D eigenvalue weighted by atomic mass is 79.9. The van der Waals surface area contributed by atoms with Gasteiger partial charge in [0.25, 0.3) is 0 Å². The number of thiazole rings is 1. The van der Waals surface area contributed by atoms with E-state index in [0.29, 0.717) is 0 Å².